The summed E-state index contributed by atoms with van der Waals surface area (Å²) >= 11 is 0. The minimum Gasteiger partial charge on any atom is -0.466 e. The lowest BCUT2D eigenvalue weighted by atomic mass is 9.67. The minimum atomic E-state index is -0.838. The summed E-state index contributed by atoms with van der Waals surface area (Å²) in [4.78, 5) is 25.8. The van der Waals surface area contributed by atoms with Crippen LogP contribution in [0.4, 0.5) is 0 Å². The number of esters is 1. The van der Waals surface area contributed by atoms with Crippen LogP contribution in [-0.2, 0) is 23.8 Å². The molecule has 3 fully saturated rings. The maximum absolute atomic E-state index is 13.7. The van der Waals surface area contributed by atoms with Crippen LogP contribution in [0.15, 0.2) is 0 Å². The molecule has 0 radical (unpaired) electrons. The van der Waals surface area contributed by atoms with Crippen LogP contribution in [0.1, 0.15) is 66.7 Å². The van der Waals surface area contributed by atoms with Crippen molar-refractivity contribution in [2.45, 2.75) is 72.5 Å². The van der Waals surface area contributed by atoms with E-state index in [2.05, 4.69) is 20.8 Å². The molecule has 148 valence electrons. The van der Waals surface area contributed by atoms with Crippen LogP contribution in [0.2, 0.25) is 0 Å². The summed E-state index contributed by atoms with van der Waals surface area (Å²) in [7, 11) is 0. The van der Waals surface area contributed by atoms with Crippen LogP contribution in [0, 0.1) is 28.6 Å². The van der Waals surface area contributed by atoms with Gasteiger partial charge in [-0.3, -0.25) is 9.59 Å². The zero-order chi connectivity index (χ0) is 19.2. The van der Waals surface area contributed by atoms with Crippen molar-refractivity contribution in [3.8, 4) is 0 Å². The molecule has 0 aromatic carbocycles. The predicted octanol–water partition coefficient (Wildman–Crippen LogP) is 3.74. The van der Waals surface area contributed by atoms with Gasteiger partial charge in [-0.2, -0.15) is 0 Å². The summed E-state index contributed by atoms with van der Waals surface area (Å²) in [5.74, 6) is -0.628. The summed E-state index contributed by atoms with van der Waals surface area (Å²) in [6, 6.07) is 0. The predicted molar refractivity (Wildman–Crippen MR) is 97.4 cm³/mol. The molecule has 1 aliphatic heterocycles. The van der Waals surface area contributed by atoms with Gasteiger partial charge in [0.15, 0.2) is 5.79 Å². The highest BCUT2D eigenvalue weighted by molar-refractivity contribution is 5.91. The number of Topliss-reactive ketones (excluding diaryl/α,β-unsaturated/α-hetero) is 1. The normalized spacial score (nSPS) is 38.7. The monoisotopic (exact) mass is 366 g/mol. The van der Waals surface area contributed by atoms with Gasteiger partial charge in [-0.25, -0.2) is 0 Å². The quantitative estimate of drug-likeness (QED) is 0.712. The lowest BCUT2D eigenvalue weighted by Crippen LogP contribution is -2.60. The summed E-state index contributed by atoms with van der Waals surface area (Å²) in [5.41, 5.74) is -0.736. The summed E-state index contributed by atoms with van der Waals surface area (Å²) in [6.07, 6.45) is 3.57. The Bertz CT molecular complexity index is 559. The third kappa shape index (κ3) is 3.11. The van der Waals surface area contributed by atoms with Crippen molar-refractivity contribution in [1.29, 1.82) is 0 Å². The first-order valence-corrected chi connectivity index (χ1v) is 10.1. The molecule has 0 N–H and O–H groups in total. The molecule has 5 heteroatoms. The molecule has 4 atom stereocenters. The number of rotatable bonds is 3. The number of carbonyl (C=O) groups excluding carboxylic acids is 2. The fourth-order valence-corrected chi connectivity index (χ4v) is 5.39. The van der Waals surface area contributed by atoms with E-state index in [9.17, 15) is 9.59 Å². The van der Waals surface area contributed by atoms with Crippen LogP contribution in [-0.4, -0.2) is 37.4 Å². The van der Waals surface area contributed by atoms with Crippen molar-refractivity contribution >= 4 is 11.8 Å². The van der Waals surface area contributed by atoms with E-state index >= 15 is 0 Å². The third-order valence-electron chi connectivity index (χ3n) is 6.97. The SMILES string of the molecule is CCOC(=O)C[C@H]1CC[C@H](C)[C@@H]2CCC3(OCC(C)(C)CO3)[C@@]2(C)C1=O. The zero-order valence-corrected chi connectivity index (χ0v) is 16.9. The first-order valence-electron chi connectivity index (χ1n) is 10.1. The van der Waals surface area contributed by atoms with E-state index < -0.39 is 11.2 Å². The van der Waals surface area contributed by atoms with Gasteiger partial charge in [0.05, 0.1) is 31.7 Å². The molecule has 0 unspecified atom stereocenters. The summed E-state index contributed by atoms with van der Waals surface area (Å²) < 4.78 is 17.8. The minimum absolute atomic E-state index is 0.0383. The van der Waals surface area contributed by atoms with Crippen molar-refractivity contribution in [2.24, 2.45) is 28.6 Å². The molecule has 3 aliphatic rings. The number of carbonyl (C=O) groups is 2. The van der Waals surface area contributed by atoms with Crippen molar-refractivity contribution < 1.29 is 23.8 Å². The lowest BCUT2D eigenvalue weighted by molar-refractivity contribution is -0.332. The molecule has 0 aromatic heterocycles. The second kappa shape index (κ2) is 6.90. The first-order chi connectivity index (χ1) is 12.2. The highest BCUT2D eigenvalue weighted by Gasteiger charge is 2.67. The Kier molecular flexibility index (Phi) is 5.26. The molecule has 26 heavy (non-hydrogen) atoms. The molecular formula is C21H34O5. The number of hydrogen-bond acceptors (Lipinski definition) is 5. The molecule has 0 bridgehead atoms. The maximum Gasteiger partial charge on any atom is 0.306 e. The van der Waals surface area contributed by atoms with Crippen molar-refractivity contribution in [3.05, 3.63) is 0 Å². The smallest absolute Gasteiger partial charge is 0.306 e. The van der Waals surface area contributed by atoms with E-state index in [-0.39, 0.29) is 35.4 Å². The van der Waals surface area contributed by atoms with Gasteiger partial charge in [-0.15, -0.1) is 0 Å². The van der Waals surface area contributed by atoms with Gasteiger partial charge in [-0.05, 0) is 44.9 Å². The first kappa shape index (κ1) is 19.8. The van der Waals surface area contributed by atoms with E-state index in [0.29, 0.717) is 25.7 Å². The summed E-state index contributed by atoms with van der Waals surface area (Å²) in [6.45, 7) is 11.8. The fraction of sp³-hybridized carbons (Fsp3) is 0.905. The molecule has 2 saturated carbocycles. The van der Waals surface area contributed by atoms with Crippen LogP contribution >= 0.6 is 0 Å². The molecule has 2 aliphatic carbocycles. The highest BCUT2D eigenvalue weighted by Crippen LogP contribution is 2.61. The molecule has 3 rings (SSSR count). The van der Waals surface area contributed by atoms with Gasteiger partial charge in [0.1, 0.15) is 5.78 Å². The molecule has 0 amide bonds. The van der Waals surface area contributed by atoms with Crippen molar-refractivity contribution in [1.82, 2.24) is 0 Å². The van der Waals surface area contributed by atoms with Crippen molar-refractivity contribution in [2.75, 3.05) is 19.8 Å². The second-order valence-corrected chi connectivity index (χ2v) is 9.47. The van der Waals surface area contributed by atoms with E-state index in [1.165, 1.54) is 0 Å². The Morgan fingerprint density at radius 1 is 1.15 bits per heavy atom. The topological polar surface area (TPSA) is 61.8 Å². The van der Waals surface area contributed by atoms with Gasteiger partial charge < -0.3 is 14.2 Å². The van der Waals surface area contributed by atoms with E-state index in [4.69, 9.17) is 14.2 Å². The summed E-state index contributed by atoms with van der Waals surface area (Å²) in [5, 5.41) is 0. The molecular weight excluding hydrogens is 332 g/mol. The van der Waals surface area contributed by atoms with Crippen LogP contribution in [0.25, 0.3) is 0 Å². The average molecular weight is 366 g/mol. The van der Waals surface area contributed by atoms with Crippen LogP contribution < -0.4 is 0 Å². The van der Waals surface area contributed by atoms with Gasteiger partial charge >= 0.3 is 5.97 Å². The Morgan fingerprint density at radius 3 is 2.42 bits per heavy atom. The van der Waals surface area contributed by atoms with Gasteiger partial charge in [0, 0.05) is 17.8 Å². The average Bonchev–Trinajstić information content (AvgIpc) is 2.83. The van der Waals surface area contributed by atoms with E-state index in [1.807, 2.05) is 6.92 Å². The standard InChI is InChI=1S/C21H34O5/c1-6-24-17(22)11-15-8-7-14(2)16-9-10-21(20(16,5)18(15)23)25-12-19(3,4)13-26-21/h14-16H,6-13H2,1-5H3/t14-,15+,16-,20+/m0/s1. The molecule has 5 nitrogen and oxygen atoms in total. The number of hydrogen-bond donors (Lipinski definition) is 0. The number of ether oxygens (including phenoxy) is 3. The molecule has 1 spiro atoms. The van der Waals surface area contributed by atoms with Gasteiger partial charge in [-0.1, -0.05) is 20.8 Å². The zero-order valence-electron chi connectivity index (χ0n) is 16.9. The van der Waals surface area contributed by atoms with Crippen LogP contribution in [0.3, 0.4) is 0 Å². The Morgan fingerprint density at radius 2 is 1.81 bits per heavy atom. The maximum atomic E-state index is 13.7. The second-order valence-electron chi connectivity index (χ2n) is 9.47. The largest absolute Gasteiger partial charge is 0.466 e. The lowest BCUT2D eigenvalue weighted by Gasteiger charge is -2.50. The van der Waals surface area contributed by atoms with Crippen molar-refractivity contribution in [3.63, 3.8) is 0 Å². The highest BCUT2D eigenvalue weighted by atomic mass is 16.7. The van der Waals surface area contributed by atoms with Crippen LogP contribution in [0.5, 0.6) is 0 Å². The van der Waals surface area contributed by atoms with Gasteiger partial charge in [0.25, 0.3) is 0 Å². The number of ketones is 1. The molecule has 0 aromatic rings. The third-order valence-corrected chi connectivity index (χ3v) is 6.97. The number of fused-ring (bicyclic) bond motifs is 2. The molecule has 1 heterocycles. The Hall–Kier alpha value is -0.940. The Balaban J connectivity index is 1.90. The van der Waals surface area contributed by atoms with E-state index in [1.54, 1.807) is 6.92 Å². The van der Waals surface area contributed by atoms with Gasteiger partial charge in [0.2, 0.25) is 0 Å². The molecule has 1 saturated heterocycles. The Labute approximate surface area is 157 Å². The fourth-order valence-electron chi connectivity index (χ4n) is 5.39. The van der Waals surface area contributed by atoms with E-state index in [0.717, 1.165) is 25.7 Å².